The van der Waals surface area contributed by atoms with Crippen LogP contribution in [-0.4, -0.2) is 12.5 Å². The first kappa shape index (κ1) is 14.9. The highest BCUT2D eigenvalue weighted by Crippen LogP contribution is 2.11. The molecule has 1 atom stereocenters. The lowest BCUT2D eigenvalue weighted by Gasteiger charge is -2.11. The maximum absolute atomic E-state index is 11.5. The van der Waals surface area contributed by atoms with Crippen LogP contribution >= 0.6 is 0 Å². The molecular weight excluding hydrogens is 198 g/mol. The summed E-state index contributed by atoms with van der Waals surface area (Å²) in [6.45, 7) is 10.3. The molecule has 92 valence electrons. The molecule has 0 rings (SSSR count). The molecule has 1 N–H and O–H groups in total. The predicted molar refractivity (Wildman–Crippen MR) is 70.3 cm³/mol. The average Bonchev–Trinajstić information content (AvgIpc) is 2.28. The van der Waals surface area contributed by atoms with Gasteiger partial charge < -0.3 is 5.32 Å². The Labute approximate surface area is 99.8 Å². The van der Waals surface area contributed by atoms with Crippen molar-refractivity contribution in [2.45, 2.75) is 45.4 Å². The third kappa shape index (κ3) is 8.27. The van der Waals surface area contributed by atoms with Gasteiger partial charge in [0.05, 0.1) is 0 Å². The normalized spacial score (nSPS) is 11.8. The predicted octanol–water partition coefficient (Wildman–Crippen LogP) is 3.45. The molecule has 0 aromatic carbocycles. The lowest BCUT2D eigenvalue weighted by atomic mass is 10.00. The summed E-state index contributed by atoms with van der Waals surface area (Å²) in [5.41, 5.74) is 0. The van der Waals surface area contributed by atoms with E-state index in [0.717, 1.165) is 38.6 Å². The number of rotatable bonds is 10. The Balaban J connectivity index is 3.55. The molecule has 1 amide bonds. The molecule has 0 saturated carbocycles. The van der Waals surface area contributed by atoms with Crippen molar-refractivity contribution in [2.24, 2.45) is 5.92 Å². The molecular formula is C14H25NO. The molecule has 0 fully saturated rings. The molecule has 2 nitrogen and oxygen atoms in total. The maximum atomic E-state index is 11.5. The van der Waals surface area contributed by atoms with Gasteiger partial charge in [0.15, 0.2) is 0 Å². The van der Waals surface area contributed by atoms with Gasteiger partial charge >= 0.3 is 0 Å². The summed E-state index contributed by atoms with van der Waals surface area (Å²) in [7, 11) is 0. The highest BCUT2D eigenvalue weighted by Gasteiger charge is 2.08. The van der Waals surface area contributed by atoms with E-state index in [1.54, 1.807) is 0 Å². The molecule has 0 radical (unpaired) electrons. The number of carbonyl (C=O) groups is 1. The Morgan fingerprint density at radius 3 is 2.69 bits per heavy atom. The van der Waals surface area contributed by atoms with Gasteiger partial charge in [-0.1, -0.05) is 25.5 Å². The van der Waals surface area contributed by atoms with E-state index in [2.05, 4.69) is 25.4 Å². The third-order valence-corrected chi connectivity index (χ3v) is 2.60. The van der Waals surface area contributed by atoms with Crippen LogP contribution in [0.15, 0.2) is 25.3 Å². The van der Waals surface area contributed by atoms with E-state index in [9.17, 15) is 4.79 Å². The van der Waals surface area contributed by atoms with Crippen molar-refractivity contribution in [2.75, 3.05) is 6.54 Å². The number of amides is 1. The van der Waals surface area contributed by atoms with E-state index in [4.69, 9.17) is 0 Å². The first-order valence-corrected chi connectivity index (χ1v) is 6.24. The SMILES string of the molecule is C=CCCCCNC(=O)CC(C=C)CCC. The van der Waals surface area contributed by atoms with E-state index in [1.165, 1.54) is 0 Å². The van der Waals surface area contributed by atoms with Crippen molar-refractivity contribution >= 4 is 5.91 Å². The molecule has 0 aliphatic carbocycles. The van der Waals surface area contributed by atoms with E-state index in [1.807, 2.05) is 12.2 Å². The monoisotopic (exact) mass is 223 g/mol. The van der Waals surface area contributed by atoms with Gasteiger partial charge in [-0.25, -0.2) is 0 Å². The standard InChI is InChI=1S/C14H25NO/c1-4-7-8-9-11-15-14(16)12-13(6-3)10-5-2/h4,6,13H,1,3,5,7-12H2,2H3,(H,15,16). The van der Waals surface area contributed by atoms with Crippen molar-refractivity contribution < 1.29 is 4.79 Å². The molecule has 0 bridgehead atoms. The van der Waals surface area contributed by atoms with Gasteiger partial charge in [0.25, 0.3) is 0 Å². The van der Waals surface area contributed by atoms with Crippen LogP contribution in [-0.2, 0) is 4.79 Å². The van der Waals surface area contributed by atoms with Crippen LogP contribution in [0.1, 0.15) is 45.4 Å². The lowest BCUT2D eigenvalue weighted by molar-refractivity contribution is -0.121. The molecule has 0 heterocycles. The minimum atomic E-state index is 0.150. The smallest absolute Gasteiger partial charge is 0.220 e. The highest BCUT2D eigenvalue weighted by molar-refractivity contribution is 5.76. The van der Waals surface area contributed by atoms with Gasteiger partial charge in [0, 0.05) is 13.0 Å². The summed E-state index contributed by atoms with van der Waals surface area (Å²) in [5.74, 6) is 0.482. The van der Waals surface area contributed by atoms with Crippen LogP contribution in [0.2, 0.25) is 0 Å². The molecule has 2 heteroatoms. The minimum absolute atomic E-state index is 0.150. The maximum Gasteiger partial charge on any atom is 0.220 e. The minimum Gasteiger partial charge on any atom is -0.356 e. The average molecular weight is 223 g/mol. The zero-order valence-electron chi connectivity index (χ0n) is 10.5. The second-order valence-corrected chi connectivity index (χ2v) is 4.12. The molecule has 0 aromatic heterocycles. The summed E-state index contributed by atoms with van der Waals surface area (Å²) >= 11 is 0. The molecule has 1 unspecified atom stereocenters. The summed E-state index contributed by atoms with van der Waals surface area (Å²) in [6.07, 6.45) is 9.70. The summed E-state index contributed by atoms with van der Waals surface area (Å²) in [6, 6.07) is 0. The summed E-state index contributed by atoms with van der Waals surface area (Å²) in [4.78, 5) is 11.5. The number of hydrogen-bond donors (Lipinski definition) is 1. The molecule has 0 aliphatic heterocycles. The number of nitrogens with one attached hydrogen (secondary N) is 1. The zero-order chi connectivity index (χ0) is 12.2. The first-order chi connectivity index (χ1) is 7.74. The second kappa shape index (κ2) is 10.5. The van der Waals surface area contributed by atoms with Crippen LogP contribution < -0.4 is 5.32 Å². The third-order valence-electron chi connectivity index (χ3n) is 2.60. The molecule has 0 spiro atoms. The van der Waals surface area contributed by atoms with Gasteiger partial charge in [0.1, 0.15) is 0 Å². The summed E-state index contributed by atoms with van der Waals surface area (Å²) < 4.78 is 0. The van der Waals surface area contributed by atoms with Crippen LogP contribution in [0.4, 0.5) is 0 Å². The van der Waals surface area contributed by atoms with Gasteiger partial charge in [0.2, 0.25) is 5.91 Å². The Bertz CT molecular complexity index is 211. The molecule has 0 aliphatic rings. The fraction of sp³-hybridized carbons (Fsp3) is 0.643. The van der Waals surface area contributed by atoms with Crippen molar-refractivity contribution in [1.82, 2.24) is 5.32 Å². The van der Waals surface area contributed by atoms with E-state index in [0.29, 0.717) is 12.3 Å². The summed E-state index contributed by atoms with van der Waals surface area (Å²) in [5, 5.41) is 2.94. The van der Waals surface area contributed by atoms with Crippen LogP contribution in [0.3, 0.4) is 0 Å². The van der Waals surface area contributed by atoms with Crippen LogP contribution in [0, 0.1) is 5.92 Å². The fourth-order valence-electron chi connectivity index (χ4n) is 1.63. The number of unbranched alkanes of at least 4 members (excludes halogenated alkanes) is 2. The topological polar surface area (TPSA) is 29.1 Å². The number of hydrogen-bond acceptors (Lipinski definition) is 1. The quantitative estimate of drug-likeness (QED) is 0.446. The van der Waals surface area contributed by atoms with E-state index >= 15 is 0 Å². The van der Waals surface area contributed by atoms with Crippen LogP contribution in [0.5, 0.6) is 0 Å². The van der Waals surface area contributed by atoms with Gasteiger partial charge in [-0.3, -0.25) is 4.79 Å². The second-order valence-electron chi connectivity index (χ2n) is 4.12. The lowest BCUT2D eigenvalue weighted by Crippen LogP contribution is -2.26. The molecule has 16 heavy (non-hydrogen) atoms. The highest BCUT2D eigenvalue weighted by atomic mass is 16.1. The van der Waals surface area contributed by atoms with Crippen molar-refractivity contribution in [1.29, 1.82) is 0 Å². The Kier molecular flexibility index (Phi) is 9.78. The van der Waals surface area contributed by atoms with Gasteiger partial charge in [-0.2, -0.15) is 0 Å². The van der Waals surface area contributed by atoms with Crippen molar-refractivity contribution in [3.63, 3.8) is 0 Å². The van der Waals surface area contributed by atoms with E-state index in [-0.39, 0.29) is 5.91 Å². The Morgan fingerprint density at radius 2 is 2.12 bits per heavy atom. The van der Waals surface area contributed by atoms with Crippen molar-refractivity contribution in [3.8, 4) is 0 Å². The van der Waals surface area contributed by atoms with Crippen LogP contribution in [0.25, 0.3) is 0 Å². The van der Waals surface area contributed by atoms with Crippen molar-refractivity contribution in [3.05, 3.63) is 25.3 Å². The van der Waals surface area contributed by atoms with Gasteiger partial charge in [-0.05, 0) is 31.6 Å². The van der Waals surface area contributed by atoms with Gasteiger partial charge in [-0.15, -0.1) is 13.2 Å². The Morgan fingerprint density at radius 1 is 1.38 bits per heavy atom. The first-order valence-electron chi connectivity index (χ1n) is 6.24. The van der Waals surface area contributed by atoms with E-state index < -0.39 is 0 Å². The fourth-order valence-corrected chi connectivity index (χ4v) is 1.63. The zero-order valence-corrected chi connectivity index (χ0v) is 10.5. The largest absolute Gasteiger partial charge is 0.356 e. The number of carbonyl (C=O) groups excluding carboxylic acids is 1. The molecule has 0 aromatic rings. The molecule has 0 saturated heterocycles. The number of allylic oxidation sites excluding steroid dienone is 2. The Hall–Kier alpha value is -1.05.